The van der Waals surface area contributed by atoms with E-state index >= 15 is 0 Å². The third kappa shape index (κ3) is 2.85. The van der Waals surface area contributed by atoms with Gasteiger partial charge in [-0.1, -0.05) is 6.07 Å². The van der Waals surface area contributed by atoms with Crippen LogP contribution < -0.4 is 4.74 Å². The molecular formula is C9H6BrFO3. The van der Waals surface area contributed by atoms with Crippen molar-refractivity contribution in [1.29, 1.82) is 0 Å². The van der Waals surface area contributed by atoms with Gasteiger partial charge in [-0.25, -0.2) is 9.18 Å². The zero-order valence-corrected chi connectivity index (χ0v) is 8.49. The zero-order valence-electron chi connectivity index (χ0n) is 6.91. The molecule has 74 valence electrons. The average molecular weight is 261 g/mol. The van der Waals surface area contributed by atoms with Gasteiger partial charge < -0.3 is 9.84 Å². The Hall–Kier alpha value is -1.36. The maximum atomic E-state index is 12.9. The minimum atomic E-state index is -1.13. The van der Waals surface area contributed by atoms with E-state index in [0.29, 0.717) is 0 Å². The molecule has 5 heteroatoms. The van der Waals surface area contributed by atoms with Crippen LogP contribution in [0.4, 0.5) is 4.39 Å². The molecule has 14 heavy (non-hydrogen) atoms. The summed E-state index contributed by atoms with van der Waals surface area (Å²) in [4.78, 5) is 10.1. The van der Waals surface area contributed by atoms with Gasteiger partial charge in [0.05, 0.1) is 16.8 Å². The predicted octanol–water partition coefficient (Wildman–Crippen LogP) is 2.57. The molecule has 0 fully saturated rings. The Labute approximate surface area is 87.9 Å². The van der Waals surface area contributed by atoms with Crippen molar-refractivity contribution >= 4 is 21.9 Å². The Morgan fingerprint density at radius 2 is 2.29 bits per heavy atom. The molecule has 0 bridgehead atoms. The molecule has 0 unspecified atom stereocenters. The number of benzene rings is 1. The summed E-state index contributed by atoms with van der Waals surface area (Å²) in [5, 5.41) is 8.26. The standard InChI is InChI=1S/C9H6BrFO3/c10-9-6(11)2-1-3-7(9)14-5-4-8(12)13/h1-5H,(H,12,13)/b5-4+. The van der Waals surface area contributed by atoms with Gasteiger partial charge in [0.25, 0.3) is 0 Å². The van der Waals surface area contributed by atoms with Gasteiger partial charge in [-0.2, -0.15) is 0 Å². The summed E-state index contributed by atoms with van der Waals surface area (Å²) in [7, 11) is 0. The first-order valence-corrected chi connectivity index (χ1v) is 4.40. The second kappa shape index (κ2) is 4.76. The molecule has 1 rings (SSSR count). The number of carbonyl (C=O) groups is 1. The van der Waals surface area contributed by atoms with Crippen LogP contribution in [0.5, 0.6) is 5.75 Å². The van der Waals surface area contributed by atoms with Crippen molar-refractivity contribution in [1.82, 2.24) is 0 Å². The highest BCUT2D eigenvalue weighted by molar-refractivity contribution is 9.10. The maximum Gasteiger partial charge on any atom is 0.331 e. The van der Waals surface area contributed by atoms with Crippen molar-refractivity contribution in [3.63, 3.8) is 0 Å². The largest absolute Gasteiger partial charge is 0.478 e. The minimum absolute atomic E-state index is 0.162. The predicted molar refractivity (Wildman–Crippen MR) is 51.5 cm³/mol. The second-order valence-electron chi connectivity index (χ2n) is 2.31. The Balaban J connectivity index is 2.77. The van der Waals surface area contributed by atoms with Crippen LogP contribution in [0.3, 0.4) is 0 Å². The summed E-state index contributed by atoms with van der Waals surface area (Å²) >= 11 is 2.97. The van der Waals surface area contributed by atoms with Crippen molar-refractivity contribution in [2.75, 3.05) is 0 Å². The van der Waals surface area contributed by atoms with Crippen LogP contribution in [0.2, 0.25) is 0 Å². The molecule has 1 N–H and O–H groups in total. The highest BCUT2D eigenvalue weighted by Gasteiger charge is 2.04. The van der Waals surface area contributed by atoms with Gasteiger partial charge in [0.15, 0.2) is 0 Å². The molecular weight excluding hydrogens is 255 g/mol. The lowest BCUT2D eigenvalue weighted by Gasteiger charge is -2.02. The molecule has 0 radical (unpaired) electrons. The SMILES string of the molecule is O=C(O)/C=C/Oc1cccc(F)c1Br. The molecule has 0 amide bonds. The zero-order chi connectivity index (χ0) is 10.6. The number of ether oxygens (including phenoxy) is 1. The third-order valence-electron chi connectivity index (χ3n) is 1.32. The molecule has 0 saturated carbocycles. The van der Waals surface area contributed by atoms with Gasteiger partial charge in [0.2, 0.25) is 0 Å². The molecule has 0 heterocycles. The minimum Gasteiger partial charge on any atom is -0.478 e. The van der Waals surface area contributed by atoms with Gasteiger partial charge in [0, 0.05) is 0 Å². The van der Waals surface area contributed by atoms with Crippen LogP contribution in [0.1, 0.15) is 0 Å². The van der Waals surface area contributed by atoms with E-state index in [1.54, 1.807) is 0 Å². The van der Waals surface area contributed by atoms with Crippen LogP contribution in [-0.4, -0.2) is 11.1 Å². The lowest BCUT2D eigenvalue weighted by atomic mass is 10.3. The summed E-state index contributed by atoms with van der Waals surface area (Å²) in [6.45, 7) is 0. The summed E-state index contributed by atoms with van der Waals surface area (Å²) < 4.78 is 17.9. The second-order valence-corrected chi connectivity index (χ2v) is 3.10. The number of aliphatic carboxylic acids is 1. The van der Waals surface area contributed by atoms with E-state index in [4.69, 9.17) is 9.84 Å². The van der Waals surface area contributed by atoms with Gasteiger partial charge in [-0.15, -0.1) is 0 Å². The van der Waals surface area contributed by atoms with Crippen LogP contribution in [0.25, 0.3) is 0 Å². The quantitative estimate of drug-likeness (QED) is 0.671. The third-order valence-corrected chi connectivity index (χ3v) is 2.09. The maximum absolute atomic E-state index is 12.9. The lowest BCUT2D eigenvalue weighted by Crippen LogP contribution is -1.90. The lowest BCUT2D eigenvalue weighted by molar-refractivity contribution is -0.131. The monoisotopic (exact) mass is 260 g/mol. The van der Waals surface area contributed by atoms with Crippen LogP contribution in [0.15, 0.2) is 35.0 Å². The fraction of sp³-hybridized carbons (Fsp3) is 0. The first kappa shape index (κ1) is 10.7. The van der Waals surface area contributed by atoms with E-state index < -0.39 is 11.8 Å². The average Bonchev–Trinajstić information content (AvgIpc) is 2.12. The van der Waals surface area contributed by atoms with Crippen LogP contribution >= 0.6 is 15.9 Å². The fourth-order valence-corrected chi connectivity index (χ4v) is 1.10. The molecule has 0 aromatic heterocycles. The molecule has 0 spiro atoms. The topological polar surface area (TPSA) is 46.5 Å². The van der Waals surface area contributed by atoms with Gasteiger partial charge in [0.1, 0.15) is 11.6 Å². The van der Waals surface area contributed by atoms with E-state index in [1.165, 1.54) is 18.2 Å². The molecule has 1 aromatic carbocycles. The number of halogens is 2. The van der Waals surface area contributed by atoms with Gasteiger partial charge in [-0.05, 0) is 28.1 Å². The van der Waals surface area contributed by atoms with Crippen molar-refractivity contribution in [3.8, 4) is 5.75 Å². The number of rotatable bonds is 3. The highest BCUT2D eigenvalue weighted by atomic mass is 79.9. The summed E-state index contributed by atoms with van der Waals surface area (Å²) in [6.07, 6.45) is 1.79. The molecule has 0 saturated heterocycles. The molecule has 0 atom stereocenters. The van der Waals surface area contributed by atoms with Crippen LogP contribution in [-0.2, 0) is 4.79 Å². The van der Waals surface area contributed by atoms with Crippen molar-refractivity contribution < 1.29 is 19.0 Å². The van der Waals surface area contributed by atoms with E-state index in [1.807, 2.05) is 0 Å². The number of carboxylic acid groups (broad SMARTS) is 1. The smallest absolute Gasteiger partial charge is 0.331 e. The molecule has 3 nitrogen and oxygen atoms in total. The van der Waals surface area contributed by atoms with Crippen LogP contribution in [0, 0.1) is 5.82 Å². The number of carboxylic acids is 1. The molecule has 1 aromatic rings. The van der Waals surface area contributed by atoms with Gasteiger partial charge in [-0.3, -0.25) is 0 Å². The number of hydrogen-bond acceptors (Lipinski definition) is 2. The van der Waals surface area contributed by atoms with Crippen molar-refractivity contribution in [2.45, 2.75) is 0 Å². The van der Waals surface area contributed by atoms with Crippen molar-refractivity contribution in [2.24, 2.45) is 0 Å². The van der Waals surface area contributed by atoms with Crippen molar-refractivity contribution in [3.05, 3.63) is 40.8 Å². The summed E-state index contributed by atoms with van der Waals surface area (Å²) in [6, 6.07) is 4.24. The first-order chi connectivity index (χ1) is 6.61. The Kier molecular flexibility index (Phi) is 3.64. The molecule has 0 aliphatic rings. The Morgan fingerprint density at radius 3 is 2.93 bits per heavy atom. The fourth-order valence-electron chi connectivity index (χ4n) is 0.741. The Bertz CT molecular complexity index is 376. The normalized spacial score (nSPS) is 10.4. The van der Waals surface area contributed by atoms with E-state index in [-0.39, 0.29) is 10.2 Å². The first-order valence-electron chi connectivity index (χ1n) is 3.61. The molecule has 0 aliphatic heterocycles. The number of hydrogen-bond donors (Lipinski definition) is 1. The Morgan fingerprint density at radius 1 is 1.57 bits per heavy atom. The summed E-state index contributed by atoms with van der Waals surface area (Å²) in [5.41, 5.74) is 0. The van der Waals surface area contributed by atoms with E-state index in [2.05, 4.69) is 15.9 Å². The summed E-state index contributed by atoms with van der Waals surface area (Å²) in [5.74, 6) is -1.37. The van der Waals surface area contributed by atoms with Gasteiger partial charge >= 0.3 is 5.97 Å². The molecule has 0 aliphatic carbocycles. The highest BCUT2D eigenvalue weighted by Crippen LogP contribution is 2.27. The van der Waals surface area contributed by atoms with E-state index in [9.17, 15) is 9.18 Å². The van der Waals surface area contributed by atoms with E-state index in [0.717, 1.165) is 12.3 Å².